The van der Waals surface area contributed by atoms with Crippen LogP contribution >= 0.6 is 0 Å². The van der Waals surface area contributed by atoms with Gasteiger partial charge in [-0.1, -0.05) is 26.0 Å². The van der Waals surface area contributed by atoms with E-state index in [4.69, 9.17) is 15.6 Å². The van der Waals surface area contributed by atoms with Crippen LogP contribution in [0.1, 0.15) is 41.5 Å². The Kier molecular flexibility index (Phi) is 7.38. The Balaban J connectivity index is 0.00000137. The van der Waals surface area contributed by atoms with Gasteiger partial charge in [-0.05, 0) is 19.1 Å². The topological polar surface area (TPSA) is 89.6 Å². The number of esters is 1. The van der Waals surface area contributed by atoms with Crippen LogP contribution in [0.5, 0.6) is 0 Å². The molecule has 1 rings (SSSR count). The average Bonchev–Trinajstić information content (AvgIpc) is 2.38. The fourth-order valence-electron chi connectivity index (χ4n) is 1.15. The highest BCUT2D eigenvalue weighted by atomic mass is 16.5. The molecule has 18 heavy (non-hydrogen) atoms. The first-order valence-corrected chi connectivity index (χ1v) is 5.76. The summed E-state index contributed by atoms with van der Waals surface area (Å²) in [4.78, 5) is 22.6. The van der Waals surface area contributed by atoms with Crippen molar-refractivity contribution in [3.05, 3.63) is 35.4 Å². The van der Waals surface area contributed by atoms with E-state index in [1.54, 1.807) is 12.1 Å². The van der Waals surface area contributed by atoms with Gasteiger partial charge in [0, 0.05) is 0 Å². The Hall–Kier alpha value is -1.88. The number of carbonyl (C=O) groups excluding carboxylic acids is 2. The van der Waals surface area contributed by atoms with Gasteiger partial charge in [0.05, 0.1) is 17.2 Å². The number of nitrogens with two attached hydrogens (primary N) is 1. The Morgan fingerprint density at radius 3 is 2.22 bits per heavy atom. The van der Waals surface area contributed by atoms with Crippen LogP contribution in [0.15, 0.2) is 24.3 Å². The normalized spacial score (nSPS) is 10.9. The van der Waals surface area contributed by atoms with E-state index in [0.717, 1.165) is 0 Å². The molecule has 0 bridgehead atoms. The number of amides is 1. The molecule has 1 atom stereocenters. The predicted octanol–water partition coefficient (Wildman–Crippen LogP) is 1.35. The SMILES string of the molecule is CC.CC(O)COC(=O)c1ccccc1C(N)=O. The fraction of sp³-hybridized carbons (Fsp3) is 0.385. The van der Waals surface area contributed by atoms with E-state index in [-0.39, 0.29) is 17.7 Å². The molecule has 0 saturated heterocycles. The smallest absolute Gasteiger partial charge is 0.339 e. The van der Waals surface area contributed by atoms with Crippen molar-refractivity contribution in [2.75, 3.05) is 6.61 Å². The maximum Gasteiger partial charge on any atom is 0.339 e. The second-order valence-electron chi connectivity index (χ2n) is 3.36. The van der Waals surface area contributed by atoms with E-state index in [2.05, 4.69) is 0 Å². The van der Waals surface area contributed by atoms with Crippen LogP contribution in [-0.2, 0) is 4.74 Å². The van der Waals surface area contributed by atoms with Crippen LogP contribution in [0.3, 0.4) is 0 Å². The molecule has 0 radical (unpaired) electrons. The summed E-state index contributed by atoms with van der Waals surface area (Å²) in [6.07, 6.45) is -0.746. The van der Waals surface area contributed by atoms with E-state index in [1.807, 2.05) is 13.8 Å². The number of rotatable bonds is 4. The van der Waals surface area contributed by atoms with Gasteiger partial charge >= 0.3 is 5.97 Å². The summed E-state index contributed by atoms with van der Waals surface area (Å²) in [7, 11) is 0. The lowest BCUT2D eigenvalue weighted by Crippen LogP contribution is -2.20. The van der Waals surface area contributed by atoms with Gasteiger partial charge < -0.3 is 15.6 Å². The Labute approximate surface area is 107 Å². The minimum absolute atomic E-state index is 0.107. The molecule has 0 fully saturated rings. The average molecular weight is 253 g/mol. The molecule has 5 nitrogen and oxygen atoms in total. The van der Waals surface area contributed by atoms with Gasteiger partial charge in [0.15, 0.2) is 0 Å². The van der Waals surface area contributed by atoms with Gasteiger partial charge in [0.2, 0.25) is 5.91 Å². The molecule has 0 heterocycles. The molecule has 1 amide bonds. The molecule has 3 N–H and O–H groups in total. The van der Waals surface area contributed by atoms with Crippen LogP contribution in [-0.4, -0.2) is 29.7 Å². The molecule has 0 saturated carbocycles. The number of hydrogen-bond donors (Lipinski definition) is 2. The minimum atomic E-state index is -0.746. The summed E-state index contributed by atoms with van der Waals surface area (Å²) < 4.78 is 4.78. The van der Waals surface area contributed by atoms with Crippen LogP contribution in [0.4, 0.5) is 0 Å². The fourth-order valence-corrected chi connectivity index (χ4v) is 1.15. The van der Waals surface area contributed by atoms with Crippen molar-refractivity contribution in [2.24, 2.45) is 5.73 Å². The molecular formula is C13H19NO4. The summed E-state index contributed by atoms with van der Waals surface area (Å²) in [5.74, 6) is -1.36. The first-order valence-electron chi connectivity index (χ1n) is 5.76. The molecule has 0 aliphatic rings. The summed E-state index contributed by atoms with van der Waals surface area (Å²) >= 11 is 0. The summed E-state index contributed by atoms with van der Waals surface area (Å²) in [6, 6.07) is 6.10. The number of ether oxygens (including phenoxy) is 1. The number of carbonyl (C=O) groups is 2. The first-order chi connectivity index (χ1) is 8.52. The third-order valence-electron chi connectivity index (χ3n) is 1.87. The zero-order valence-corrected chi connectivity index (χ0v) is 10.8. The van der Waals surface area contributed by atoms with Crippen molar-refractivity contribution < 1.29 is 19.4 Å². The molecule has 100 valence electrons. The predicted molar refractivity (Wildman–Crippen MR) is 68.3 cm³/mol. The maximum atomic E-state index is 11.5. The van der Waals surface area contributed by atoms with E-state index in [1.165, 1.54) is 19.1 Å². The van der Waals surface area contributed by atoms with Gasteiger partial charge in [-0.2, -0.15) is 0 Å². The lowest BCUT2D eigenvalue weighted by atomic mass is 10.1. The molecule has 1 aromatic carbocycles. The molecule has 1 aromatic rings. The minimum Gasteiger partial charge on any atom is -0.459 e. The van der Waals surface area contributed by atoms with E-state index in [0.29, 0.717) is 0 Å². The quantitative estimate of drug-likeness (QED) is 0.792. The Bertz CT molecular complexity index is 402. The Morgan fingerprint density at radius 1 is 1.28 bits per heavy atom. The lowest BCUT2D eigenvalue weighted by molar-refractivity contribution is 0.0294. The second-order valence-corrected chi connectivity index (χ2v) is 3.36. The monoisotopic (exact) mass is 253 g/mol. The van der Waals surface area contributed by atoms with Crippen LogP contribution in [0.2, 0.25) is 0 Å². The molecule has 0 aliphatic heterocycles. The number of hydrogen-bond acceptors (Lipinski definition) is 4. The number of benzene rings is 1. The van der Waals surface area contributed by atoms with Crippen LogP contribution in [0.25, 0.3) is 0 Å². The maximum absolute atomic E-state index is 11.5. The third-order valence-corrected chi connectivity index (χ3v) is 1.87. The van der Waals surface area contributed by atoms with Crippen molar-refractivity contribution in [3.8, 4) is 0 Å². The lowest BCUT2D eigenvalue weighted by Gasteiger charge is -2.08. The number of aliphatic hydroxyl groups is 1. The zero-order valence-electron chi connectivity index (χ0n) is 10.8. The molecule has 0 spiro atoms. The highest BCUT2D eigenvalue weighted by Gasteiger charge is 2.15. The molecule has 5 heteroatoms. The molecular weight excluding hydrogens is 234 g/mol. The summed E-state index contributed by atoms with van der Waals surface area (Å²) in [5, 5.41) is 8.96. The second kappa shape index (κ2) is 8.25. The highest BCUT2D eigenvalue weighted by molar-refractivity contribution is 6.04. The van der Waals surface area contributed by atoms with Gasteiger partial charge in [-0.3, -0.25) is 4.79 Å². The van der Waals surface area contributed by atoms with Crippen LogP contribution in [0, 0.1) is 0 Å². The van der Waals surface area contributed by atoms with Crippen molar-refractivity contribution in [1.29, 1.82) is 0 Å². The Morgan fingerprint density at radius 2 is 1.78 bits per heavy atom. The zero-order chi connectivity index (χ0) is 14.1. The van der Waals surface area contributed by atoms with Gasteiger partial charge in [-0.25, -0.2) is 4.79 Å². The van der Waals surface area contributed by atoms with Gasteiger partial charge in [0.25, 0.3) is 0 Å². The van der Waals surface area contributed by atoms with Gasteiger partial charge in [0.1, 0.15) is 6.61 Å². The number of primary amides is 1. The standard InChI is InChI=1S/C11H13NO4.C2H6/c1-7(13)6-16-11(15)9-5-3-2-4-8(9)10(12)14;1-2/h2-5,7,13H,6H2,1H3,(H2,12,14);1-2H3. The van der Waals surface area contributed by atoms with Crippen LogP contribution < -0.4 is 5.73 Å². The highest BCUT2D eigenvalue weighted by Crippen LogP contribution is 2.09. The van der Waals surface area contributed by atoms with E-state index in [9.17, 15) is 9.59 Å². The summed E-state index contributed by atoms with van der Waals surface area (Å²) in [5.41, 5.74) is 5.33. The third kappa shape index (κ3) is 4.97. The van der Waals surface area contributed by atoms with Crippen molar-refractivity contribution in [1.82, 2.24) is 0 Å². The van der Waals surface area contributed by atoms with Crippen molar-refractivity contribution in [2.45, 2.75) is 26.9 Å². The van der Waals surface area contributed by atoms with E-state index < -0.39 is 18.0 Å². The first kappa shape index (κ1) is 16.1. The summed E-state index contributed by atoms with van der Waals surface area (Å²) in [6.45, 7) is 5.37. The molecule has 1 unspecified atom stereocenters. The number of aliphatic hydroxyl groups excluding tert-OH is 1. The van der Waals surface area contributed by atoms with E-state index >= 15 is 0 Å². The van der Waals surface area contributed by atoms with Gasteiger partial charge in [-0.15, -0.1) is 0 Å². The van der Waals surface area contributed by atoms with Crippen molar-refractivity contribution >= 4 is 11.9 Å². The largest absolute Gasteiger partial charge is 0.459 e. The molecule has 0 aromatic heterocycles. The van der Waals surface area contributed by atoms with Crippen molar-refractivity contribution in [3.63, 3.8) is 0 Å². The molecule has 0 aliphatic carbocycles.